The van der Waals surface area contributed by atoms with Gasteiger partial charge >= 0.3 is 0 Å². The van der Waals surface area contributed by atoms with Crippen molar-refractivity contribution in [1.29, 1.82) is 0 Å². The minimum atomic E-state index is -0.494. The van der Waals surface area contributed by atoms with Crippen molar-refractivity contribution in [2.75, 3.05) is 33.7 Å². The summed E-state index contributed by atoms with van der Waals surface area (Å²) in [4.78, 5) is 15.0. The molecule has 1 fully saturated rings. The van der Waals surface area contributed by atoms with E-state index in [1.807, 2.05) is 6.92 Å². The summed E-state index contributed by atoms with van der Waals surface area (Å²) in [6.07, 6.45) is 1.48. The normalized spacial score (nSPS) is 20.3. The van der Waals surface area contributed by atoms with Gasteiger partial charge in [0.05, 0.1) is 5.60 Å². The van der Waals surface area contributed by atoms with Gasteiger partial charge in [0, 0.05) is 33.6 Å². The Labute approximate surface area is 85.5 Å². The van der Waals surface area contributed by atoms with Gasteiger partial charge in [0.15, 0.2) is 0 Å². The van der Waals surface area contributed by atoms with Crippen LogP contribution < -0.4 is 0 Å². The van der Waals surface area contributed by atoms with E-state index in [0.717, 1.165) is 26.1 Å². The fraction of sp³-hybridized carbons (Fsp3) is 0.900. The number of amides is 1. The van der Waals surface area contributed by atoms with Gasteiger partial charge in [-0.1, -0.05) is 0 Å². The molecule has 0 aromatic carbocycles. The molecule has 82 valence electrons. The molecule has 4 nitrogen and oxygen atoms in total. The van der Waals surface area contributed by atoms with E-state index in [2.05, 4.69) is 4.90 Å². The minimum Gasteiger partial charge on any atom is -0.388 e. The Morgan fingerprint density at radius 1 is 1.50 bits per heavy atom. The Morgan fingerprint density at radius 3 is 2.50 bits per heavy atom. The van der Waals surface area contributed by atoms with Gasteiger partial charge in [-0.25, -0.2) is 0 Å². The lowest BCUT2D eigenvalue weighted by atomic mass is 9.97. The Bertz CT molecular complexity index is 206. The SMILES string of the molecule is CN(C)C(=O)CCCN1CC(C)(O)C1. The molecular formula is C10H20N2O2. The highest BCUT2D eigenvalue weighted by Crippen LogP contribution is 2.19. The molecule has 0 saturated carbocycles. The molecule has 4 heteroatoms. The molecular weight excluding hydrogens is 180 g/mol. The first kappa shape index (κ1) is 11.5. The van der Waals surface area contributed by atoms with E-state index in [9.17, 15) is 9.90 Å². The molecule has 1 N–H and O–H groups in total. The number of hydrogen-bond acceptors (Lipinski definition) is 3. The minimum absolute atomic E-state index is 0.178. The molecule has 1 saturated heterocycles. The predicted octanol–water partition coefficient (Wildman–Crippen LogP) is -0.0786. The summed E-state index contributed by atoms with van der Waals surface area (Å²) >= 11 is 0. The van der Waals surface area contributed by atoms with Gasteiger partial charge in [0.25, 0.3) is 0 Å². The molecule has 1 heterocycles. The number of carbonyl (C=O) groups is 1. The Kier molecular flexibility index (Phi) is 3.50. The zero-order valence-electron chi connectivity index (χ0n) is 9.29. The maximum atomic E-state index is 11.2. The Morgan fingerprint density at radius 2 is 2.07 bits per heavy atom. The third-order valence-corrected chi connectivity index (χ3v) is 2.49. The summed E-state index contributed by atoms with van der Waals surface area (Å²) in [5.41, 5.74) is -0.494. The quantitative estimate of drug-likeness (QED) is 0.690. The first-order valence-electron chi connectivity index (χ1n) is 5.06. The van der Waals surface area contributed by atoms with E-state index >= 15 is 0 Å². The van der Waals surface area contributed by atoms with Crippen LogP contribution in [0.15, 0.2) is 0 Å². The first-order valence-corrected chi connectivity index (χ1v) is 5.06. The van der Waals surface area contributed by atoms with E-state index in [0.29, 0.717) is 6.42 Å². The summed E-state index contributed by atoms with van der Waals surface area (Å²) in [6.45, 7) is 4.23. The molecule has 1 amide bonds. The third-order valence-electron chi connectivity index (χ3n) is 2.49. The number of nitrogens with zero attached hydrogens (tertiary/aromatic N) is 2. The first-order chi connectivity index (χ1) is 6.41. The number of hydrogen-bond donors (Lipinski definition) is 1. The Hall–Kier alpha value is -0.610. The van der Waals surface area contributed by atoms with Gasteiger partial charge in [-0.05, 0) is 19.9 Å². The van der Waals surface area contributed by atoms with Crippen molar-refractivity contribution < 1.29 is 9.90 Å². The summed E-state index contributed by atoms with van der Waals surface area (Å²) in [6, 6.07) is 0. The van der Waals surface area contributed by atoms with Crippen molar-refractivity contribution in [1.82, 2.24) is 9.80 Å². The second kappa shape index (κ2) is 4.28. The molecule has 0 bridgehead atoms. The van der Waals surface area contributed by atoms with Crippen LogP contribution in [0.3, 0.4) is 0 Å². The third kappa shape index (κ3) is 3.27. The number of β-amino-alcohol motifs (C(OH)–C–C–N with tert-alkyl or cyclic N) is 1. The van der Waals surface area contributed by atoms with Gasteiger partial charge in [0.1, 0.15) is 0 Å². The molecule has 0 aromatic rings. The number of carbonyl (C=O) groups excluding carboxylic acids is 1. The second-order valence-electron chi connectivity index (χ2n) is 4.60. The number of rotatable bonds is 4. The van der Waals surface area contributed by atoms with Crippen LogP contribution in [-0.4, -0.2) is 60.1 Å². The lowest BCUT2D eigenvalue weighted by Gasteiger charge is -2.44. The van der Waals surface area contributed by atoms with Crippen molar-refractivity contribution >= 4 is 5.91 Å². The molecule has 0 spiro atoms. The van der Waals surface area contributed by atoms with Crippen molar-refractivity contribution in [3.8, 4) is 0 Å². The van der Waals surface area contributed by atoms with Crippen LogP contribution in [0.5, 0.6) is 0 Å². The second-order valence-corrected chi connectivity index (χ2v) is 4.60. The Balaban J connectivity index is 2.04. The van der Waals surface area contributed by atoms with E-state index in [1.54, 1.807) is 19.0 Å². The lowest BCUT2D eigenvalue weighted by Crippen LogP contribution is -2.59. The smallest absolute Gasteiger partial charge is 0.222 e. The standard InChI is InChI=1S/C10H20N2O2/c1-10(14)7-12(8-10)6-4-5-9(13)11(2)3/h14H,4-8H2,1-3H3. The summed E-state index contributed by atoms with van der Waals surface area (Å²) in [7, 11) is 3.55. The molecule has 1 rings (SSSR count). The largest absolute Gasteiger partial charge is 0.388 e. The van der Waals surface area contributed by atoms with Crippen LogP contribution in [0, 0.1) is 0 Å². The van der Waals surface area contributed by atoms with Crippen LogP contribution in [-0.2, 0) is 4.79 Å². The van der Waals surface area contributed by atoms with Crippen molar-refractivity contribution in [3.63, 3.8) is 0 Å². The molecule has 1 aliphatic rings. The highest BCUT2D eigenvalue weighted by molar-refractivity contribution is 5.75. The van der Waals surface area contributed by atoms with E-state index in [-0.39, 0.29) is 5.91 Å². The molecule has 0 radical (unpaired) electrons. The molecule has 1 aliphatic heterocycles. The summed E-state index contributed by atoms with van der Waals surface area (Å²) < 4.78 is 0. The van der Waals surface area contributed by atoms with Crippen LogP contribution in [0.4, 0.5) is 0 Å². The van der Waals surface area contributed by atoms with Crippen LogP contribution in [0.1, 0.15) is 19.8 Å². The maximum absolute atomic E-state index is 11.2. The van der Waals surface area contributed by atoms with Gasteiger partial charge < -0.3 is 10.0 Å². The monoisotopic (exact) mass is 200 g/mol. The highest BCUT2D eigenvalue weighted by Gasteiger charge is 2.35. The van der Waals surface area contributed by atoms with Gasteiger partial charge in [-0.3, -0.25) is 9.69 Å². The van der Waals surface area contributed by atoms with Crippen LogP contribution in [0.2, 0.25) is 0 Å². The molecule has 14 heavy (non-hydrogen) atoms. The fourth-order valence-electron chi connectivity index (χ4n) is 1.75. The van der Waals surface area contributed by atoms with Gasteiger partial charge in [-0.15, -0.1) is 0 Å². The van der Waals surface area contributed by atoms with Gasteiger partial charge in [0.2, 0.25) is 5.91 Å². The number of likely N-dealkylation sites (tertiary alicyclic amines) is 1. The van der Waals surface area contributed by atoms with Crippen molar-refractivity contribution in [2.45, 2.75) is 25.4 Å². The lowest BCUT2D eigenvalue weighted by molar-refractivity contribution is -0.129. The maximum Gasteiger partial charge on any atom is 0.222 e. The van der Waals surface area contributed by atoms with E-state index < -0.39 is 5.60 Å². The van der Waals surface area contributed by atoms with Crippen LogP contribution >= 0.6 is 0 Å². The predicted molar refractivity (Wildman–Crippen MR) is 55.0 cm³/mol. The molecule has 0 aromatic heterocycles. The topological polar surface area (TPSA) is 43.8 Å². The average Bonchev–Trinajstić information content (AvgIpc) is 2.00. The van der Waals surface area contributed by atoms with E-state index in [1.165, 1.54) is 0 Å². The summed E-state index contributed by atoms with van der Waals surface area (Å²) in [5, 5.41) is 9.46. The summed E-state index contributed by atoms with van der Waals surface area (Å²) in [5.74, 6) is 0.178. The average molecular weight is 200 g/mol. The molecule has 0 unspecified atom stereocenters. The fourth-order valence-corrected chi connectivity index (χ4v) is 1.75. The molecule has 0 aliphatic carbocycles. The van der Waals surface area contributed by atoms with Crippen LogP contribution in [0.25, 0.3) is 0 Å². The number of aliphatic hydroxyl groups is 1. The van der Waals surface area contributed by atoms with Crippen molar-refractivity contribution in [3.05, 3.63) is 0 Å². The highest BCUT2D eigenvalue weighted by atomic mass is 16.3. The van der Waals surface area contributed by atoms with E-state index in [4.69, 9.17) is 0 Å². The zero-order valence-corrected chi connectivity index (χ0v) is 9.29. The molecule has 0 atom stereocenters. The zero-order chi connectivity index (χ0) is 10.8. The van der Waals surface area contributed by atoms with Crippen molar-refractivity contribution in [2.24, 2.45) is 0 Å². The van der Waals surface area contributed by atoms with Gasteiger partial charge in [-0.2, -0.15) is 0 Å².